The minimum absolute atomic E-state index is 0.0211. The normalized spacial score (nSPS) is 15.0. The van der Waals surface area contributed by atoms with Gasteiger partial charge in [-0.1, -0.05) is 29.0 Å². The molecule has 1 saturated heterocycles. The predicted octanol–water partition coefficient (Wildman–Crippen LogP) is 3.35. The standard InChI is InChI=1S/C24H32N6O2S/c1-17-6-8-19(9-7-17)25-15-20-5-4-12-30(20)23-28-27-22(33-23)29-13-10-18(11-14-29)21(31)26-16-24(2,3)32/h4-9,12,18,25,32H,10-11,13-16H2,1-3H3,(H,26,31). The highest BCUT2D eigenvalue weighted by atomic mass is 32.1. The molecule has 2 aromatic heterocycles. The van der Waals surface area contributed by atoms with Crippen LogP contribution in [-0.4, -0.2) is 51.0 Å². The van der Waals surface area contributed by atoms with Crippen molar-refractivity contribution in [2.75, 3.05) is 29.9 Å². The molecular formula is C24H32N6O2S. The van der Waals surface area contributed by atoms with Crippen molar-refractivity contribution in [3.8, 4) is 5.13 Å². The zero-order valence-electron chi connectivity index (χ0n) is 19.4. The van der Waals surface area contributed by atoms with Gasteiger partial charge in [-0.05, 0) is 57.9 Å². The fourth-order valence-corrected chi connectivity index (χ4v) is 4.74. The summed E-state index contributed by atoms with van der Waals surface area (Å²) in [6.45, 7) is 7.96. The number of hydrogen-bond acceptors (Lipinski definition) is 7. The Bertz CT molecular complexity index is 1060. The molecule has 3 heterocycles. The van der Waals surface area contributed by atoms with Crippen LogP contribution in [-0.2, 0) is 11.3 Å². The molecule has 1 aromatic carbocycles. The average Bonchev–Trinajstić information content (AvgIpc) is 3.46. The maximum absolute atomic E-state index is 12.4. The summed E-state index contributed by atoms with van der Waals surface area (Å²) in [5.41, 5.74) is 2.54. The van der Waals surface area contributed by atoms with Gasteiger partial charge >= 0.3 is 0 Å². The van der Waals surface area contributed by atoms with Crippen LogP contribution in [0.5, 0.6) is 0 Å². The zero-order chi connectivity index (χ0) is 23.4. The van der Waals surface area contributed by atoms with Gasteiger partial charge in [-0.3, -0.25) is 9.36 Å². The van der Waals surface area contributed by atoms with Crippen molar-refractivity contribution in [1.82, 2.24) is 20.1 Å². The zero-order valence-corrected chi connectivity index (χ0v) is 20.2. The molecule has 1 aliphatic rings. The molecule has 33 heavy (non-hydrogen) atoms. The molecule has 9 heteroatoms. The van der Waals surface area contributed by atoms with E-state index in [2.05, 4.69) is 67.6 Å². The maximum Gasteiger partial charge on any atom is 0.223 e. The van der Waals surface area contributed by atoms with Gasteiger partial charge in [0.15, 0.2) is 0 Å². The lowest BCUT2D eigenvalue weighted by Gasteiger charge is -2.31. The molecule has 3 aromatic rings. The first-order chi connectivity index (χ1) is 15.8. The van der Waals surface area contributed by atoms with Gasteiger partial charge in [-0.25, -0.2) is 0 Å². The maximum atomic E-state index is 12.4. The molecule has 0 atom stereocenters. The molecular weight excluding hydrogens is 436 g/mol. The Hall–Kier alpha value is -2.91. The number of anilines is 2. The molecule has 0 unspecified atom stereocenters. The molecule has 1 aliphatic heterocycles. The fraction of sp³-hybridized carbons (Fsp3) is 0.458. The summed E-state index contributed by atoms with van der Waals surface area (Å²) in [6.07, 6.45) is 3.54. The molecule has 0 saturated carbocycles. The summed E-state index contributed by atoms with van der Waals surface area (Å²) in [5, 5.41) is 26.7. The van der Waals surface area contributed by atoms with Gasteiger partial charge < -0.3 is 20.6 Å². The number of aryl methyl sites for hydroxylation is 1. The van der Waals surface area contributed by atoms with Crippen molar-refractivity contribution < 1.29 is 9.90 Å². The van der Waals surface area contributed by atoms with E-state index in [1.165, 1.54) is 5.56 Å². The smallest absolute Gasteiger partial charge is 0.223 e. The molecule has 0 spiro atoms. The molecule has 0 aliphatic carbocycles. The minimum Gasteiger partial charge on any atom is -0.389 e. The van der Waals surface area contributed by atoms with Crippen LogP contribution in [0.15, 0.2) is 42.6 Å². The van der Waals surface area contributed by atoms with Gasteiger partial charge in [-0.2, -0.15) is 0 Å². The minimum atomic E-state index is -0.897. The van der Waals surface area contributed by atoms with E-state index in [1.54, 1.807) is 25.2 Å². The quantitative estimate of drug-likeness (QED) is 0.469. The van der Waals surface area contributed by atoms with Crippen LogP contribution in [0.2, 0.25) is 0 Å². The second-order valence-corrected chi connectivity index (χ2v) is 10.2. The van der Waals surface area contributed by atoms with E-state index in [4.69, 9.17) is 0 Å². The second-order valence-electron chi connectivity index (χ2n) is 9.25. The molecule has 1 amide bonds. The predicted molar refractivity (Wildman–Crippen MR) is 132 cm³/mol. The van der Waals surface area contributed by atoms with Crippen LogP contribution >= 0.6 is 11.3 Å². The number of aliphatic hydroxyl groups is 1. The van der Waals surface area contributed by atoms with Gasteiger partial charge in [-0.15, -0.1) is 10.2 Å². The highest BCUT2D eigenvalue weighted by Gasteiger charge is 2.27. The molecule has 4 rings (SSSR count). The average molecular weight is 469 g/mol. The third-order valence-electron chi connectivity index (χ3n) is 5.80. The van der Waals surface area contributed by atoms with Crippen LogP contribution in [0.4, 0.5) is 10.8 Å². The third-order valence-corrected chi connectivity index (χ3v) is 6.78. The SMILES string of the molecule is Cc1ccc(NCc2cccn2-c2nnc(N3CCC(C(=O)NCC(C)(C)O)CC3)s2)cc1. The van der Waals surface area contributed by atoms with E-state index < -0.39 is 5.60 Å². The molecule has 8 nitrogen and oxygen atoms in total. The highest BCUT2D eigenvalue weighted by molar-refractivity contribution is 7.17. The van der Waals surface area contributed by atoms with Gasteiger partial charge in [0.1, 0.15) is 0 Å². The Kier molecular flexibility index (Phi) is 6.99. The lowest BCUT2D eigenvalue weighted by Crippen LogP contribution is -2.44. The van der Waals surface area contributed by atoms with Crippen molar-refractivity contribution in [1.29, 1.82) is 0 Å². The van der Waals surface area contributed by atoms with Crippen LogP contribution in [0.1, 0.15) is 37.9 Å². The molecule has 176 valence electrons. The monoisotopic (exact) mass is 468 g/mol. The number of benzene rings is 1. The summed E-state index contributed by atoms with van der Waals surface area (Å²) in [5.74, 6) is -0.00678. The van der Waals surface area contributed by atoms with Crippen molar-refractivity contribution in [3.63, 3.8) is 0 Å². The summed E-state index contributed by atoms with van der Waals surface area (Å²) in [7, 11) is 0. The van der Waals surface area contributed by atoms with Gasteiger partial charge in [0.25, 0.3) is 0 Å². The van der Waals surface area contributed by atoms with Gasteiger partial charge in [0.2, 0.25) is 16.2 Å². The second kappa shape index (κ2) is 9.93. The number of amides is 1. The Morgan fingerprint density at radius 1 is 1.15 bits per heavy atom. The van der Waals surface area contributed by atoms with E-state index in [0.717, 1.165) is 47.6 Å². The number of nitrogens with zero attached hydrogens (tertiary/aromatic N) is 4. The summed E-state index contributed by atoms with van der Waals surface area (Å²) < 4.78 is 2.07. The van der Waals surface area contributed by atoms with Gasteiger partial charge in [0, 0.05) is 43.1 Å². The van der Waals surface area contributed by atoms with Crippen molar-refractivity contribution in [3.05, 3.63) is 53.9 Å². The van der Waals surface area contributed by atoms with E-state index in [0.29, 0.717) is 6.54 Å². The van der Waals surface area contributed by atoms with Gasteiger partial charge in [0.05, 0.1) is 12.1 Å². The van der Waals surface area contributed by atoms with Crippen LogP contribution in [0.25, 0.3) is 5.13 Å². The van der Waals surface area contributed by atoms with E-state index in [-0.39, 0.29) is 18.4 Å². The molecule has 0 bridgehead atoms. The Balaban J connectivity index is 1.33. The summed E-state index contributed by atoms with van der Waals surface area (Å²) in [6, 6.07) is 12.5. The topological polar surface area (TPSA) is 95.3 Å². The fourth-order valence-electron chi connectivity index (χ4n) is 3.82. The van der Waals surface area contributed by atoms with Crippen LogP contribution in [0, 0.1) is 12.8 Å². The summed E-state index contributed by atoms with van der Waals surface area (Å²) in [4.78, 5) is 14.6. The number of rotatable bonds is 8. The van der Waals surface area contributed by atoms with Crippen LogP contribution in [0.3, 0.4) is 0 Å². The lowest BCUT2D eigenvalue weighted by atomic mass is 9.96. The van der Waals surface area contributed by atoms with Crippen molar-refractivity contribution in [2.45, 2.75) is 45.8 Å². The Morgan fingerprint density at radius 3 is 2.55 bits per heavy atom. The first kappa shape index (κ1) is 23.3. The third kappa shape index (κ3) is 6.11. The number of carbonyl (C=O) groups is 1. The van der Waals surface area contributed by atoms with Crippen molar-refractivity contribution in [2.24, 2.45) is 5.92 Å². The molecule has 0 radical (unpaired) electrons. The summed E-state index contributed by atoms with van der Waals surface area (Å²) >= 11 is 1.56. The van der Waals surface area contributed by atoms with Crippen LogP contribution < -0.4 is 15.5 Å². The largest absolute Gasteiger partial charge is 0.389 e. The number of aromatic nitrogens is 3. The number of hydrogen-bond donors (Lipinski definition) is 3. The number of piperidine rings is 1. The van der Waals surface area contributed by atoms with E-state index in [1.807, 2.05) is 12.3 Å². The Morgan fingerprint density at radius 2 is 1.85 bits per heavy atom. The first-order valence-corrected chi connectivity index (χ1v) is 12.2. The lowest BCUT2D eigenvalue weighted by molar-refractivity contribution is -0.126. The van der Waals surface area contributed by atoms with E-state index >= 15 is 0 Å². The van der Waals surface area contributed by atoms with E-state index in [9.17, 15) is 9.90 Å². The first-order valence-electron chi connectivity index (χ1n) is 11.3. The Labute approximate surface area is 198 Å². The molecule has 3 N–H and O–H groups in total. The van der Waals surface area contributed by atoms with Crippen molar-refractivity contribution >= 4 is 28.1 Å². The molecule has 1 fully saturated rings. The number of nitrogens with one attached hydrogen (secondary N) is 2. The highest BCUT2D eigenvalue weighted by Crippen LogP contribution is 2.28. The number of carbonyl (C=O) groups excluding carboxylic acids is 1.